The Morgan fingerprint density at radius 2 is 2.06 bits per heavy atom. The van der Waals surface area contributed by atoms with Crippen molar-refractivity contribution in [1.29, 1.82) is 0 Å². The summed E-state index contributed by atoms with van der Waals surface area (Å²) < 4.78 is 13.2. The van der Waals surface area contributed by atoms with Gasteiger partial charge in [-0.25, -0.2) is 9.59 Å². The van der Waals surface area contributed by atoms with E-state index in [1.165, 1.54) is 18.1 Å². The largest absolute Gasteiger partial charge is 0.492 e. The molecule has 3 N–H and O–H groups in total. The van der Waals surface area contributed by atoms with E-state index in [-0.39, 0.29) is 22.9 Å². The number of aromatic nitrogens is 2. The minimum Gasteiger partial charge on any atom is -0.492 e. The highest BCUT2D eigenvalue weighted by Gasteiger charge is 2.28. The Morgan fingerprint density at radius 1 is 1.26 bits per heavy atom. The lowest BCUT2D eigenvalue weighted by Crippen LogP contribution is -3.12. The highest BCUT2D eigenvalue weighted by molar-refractivity contribution is 6.30. The lowest BCUT2D eigenvalue weighted by Gasteiger charge is -2.31. The third kappa shape index (κ3) is 5.41. The van der Waals surface area contributed by atoms with Crippen molar-refractivity contribution in [1.82, 2.24) is 9.55 Å². The van der Waals surface area contributed by atoms with E-state index in [1.54, 1.807) is 48.0 Å². The normalized spacial score (nSPS) is 17.7. The number of carbonyl (C=O) groups is 1. The van der Waals surface area contributed by atoms with Crippen molar-refractivity contribution in [2.45, 2.75) is 32.4 Å². The van der Waals surface area contributed by atoms with Crippen molar-refractivity contribution in [3.8, 4) is 17.2 Å². The van der Waals surface area contributed by atoms with Crippen molar-refractivity contribution < 1.29 is 24.3 Å². The quantitative estimate of drug-likeness (QED) is 0.459. The first-order chi connectivity index (χ1) is 16.8. The molecule has 10 heteroatoms. The Balaban J connectivity index is 1.63. The number of piperidine rings is 1. The Labute approximate surface area is 206 Å². The number of aryl methyl sites for hydroxylation is 1. The molecule has 0 bridgehead atoms. The molecule has 0 saturated carbocycles. The number of benzene rings is 2. The number of nitrogens with one attached hydrogen (secondary N) is 2. The molecule has 0 radical (unpaired) electrons. The Morgan fingerprint density at radius 3 is 2.77 bits per heavy atom. The number of carboxylic acids is 1. The minimum absolute atomic E-state index is 0.0210. The summed E-state index contributed by atoms with van der Waals surface area (Å²) in [5.74, 6) is -0.282. The first-order valence-corrected chi connectivity index (χ1v) is 11.7. The second kappa shape index (κ2) is 10.4. The van der Waals surface area contributed by atoms with Gasteiger partial charge >= 0.3 is 11.7 Å². The number of H-pyrrole nitrogens is 1. The zero-order valence-corrected chi connectivity index (χ0v) is 20.2. The maximum absolute atomic E-state index is 12.4. The van der Waals surface area contributed by atoms with Gasteiger partial charge in [-0.3, -0.25) is 14.3 Å². The van der Waals surface area contributed by atoms with Crippen molar-refractivity contribution in [3.05, 3.63) is 85.1 Å². The van der Waals surface area contributed by atoms with Crippen molar-refractivity contribution >= 4 is 17.6 Å². The molecular formula is C25H27ClN3O6+. The predicted molar refractivity (Wildman–Crippen MR) is 130 cm³/mol. The van der Waals surface area contributed by atoms with E-state index in [0.29, 0.717) is 35.2 Å². The number of rotatable bonds is 7. The molecule has 1 aliphatic rings. The number of carboxylic acid groups (broad SMARTS) is 1. The smallest absolute Gasteiger partial charge is 0.339 e. The monoisotopic (exact) mass is 500 g/mol. The second-order valence-corrected chi connectivity index (χ2v) is 9.09. The van der Waals surface area contributed by atoms with E-state index < -0.39 is 11.7 Å². The minimum atomic E-state index is -1.13. The van der Waals surface area contributed by atoms with Crippen LogP contribution in [0, 0.1) is 6.92 Å². The third-order valence-corrected chi connectivity index (χ3v) is 6.45. The lowest BCUT2D eigenvalue weighted by atomic mass is 10.0. The molecule has 2 heterocycles. The van der Waals surface area contributed by atoms with Gasteiger partial charge in [0.15, 0.2) is 11.5 Å². The van der Waals surface area contributed by atoms with Crippen LogP contribution in [0.2, 0.25) is 5.02 Å². The molecule has 1 aliphatic heterocycles. The zero-order chi connectivity index (χ0) is 25.1. The molecule has 2 aromatic carbocycles. The van der Waals surface area contributed by atoms with Crippen molar-refractivity contribution in [2.75, 3.05) is 20.2 Å². The molecular weight excluding hydrogens is 474 g/mol. The van der Waals surface area contributed by atoms with Crippen LogP contribution in [0.3, 0.4) is 0 Å². The molecule has 1 fully saturated rings. The first-order valence-electron chi connectivity index (χ1n) is 11.3. The molecule has 3 aromatic rings. The maximum Gasteiger partial charge on any atom is 0.339 e. The van der Waals surface area contributed by atoms with Crippen LogP contribution in [0.1, 0.15) is 40.4 Å². The second-order valence-electron chi connectivity index (χ2n) is 8.65. The SMILES string of the molecule is COc1c(C[NH+]2CCC[C@H](n3cc(C)c(=O)[nH]c3=O)C2)ccc(C(=O)O)c1Oc1cccc(Cl)c1. The number of aromatic amines is 1. The molecule has 1 unspecified atom stereocenters. The van der Waals surface area contributed by atoms with Crippen LogP contribution < -0.4 is 25.6 Å². The van der Waals surface area contributed by atoms with Crippen molar-refractivity contribution in [2.24, 2.45) is 0 Å². The Bertz CT molecular complexity index is 1370. The fourth-order valence-corrected chi connectivity index (χ4v) is 4.71. The molecule has 184 valence electrons. The summed E-state index contributed by atoms with van der Waals surface area (Å²) in [5, 5.41) is 10.2. The first kappa shape index (κ1) is 24.6. The fourth-order valence-electron chi connectivity index (χ4n) is 4.53. The topological polar surface area (TPSA) is 115 Å². The molecule has 1 saturated heterocycles. The summed E-state index contributed by atoms with van der Waals surface area (Å²) in [6.45, 7) is 3.77. The number of ether oxygens (including phenoxy) is 2. The van der Waals surface area contributed by atoms with Crippen LogP contribution in [0.15, 0.2) is 52.2 Å². The number of hydrogen-bond acceptors (Lipinski definition) is 5. The highest BCUT2D eigenvalue weighted by Crippen LogP contribution is 2.38. The molecule has 1 aromatic heterocycles. The fraction of sp³-hybridized carbons (Fsp3) is 0.320. The number of methoxy groups -OCH3 is 1. The molecule has 35 heavy (non-hydrogen) atoms. The van der Waals surface area contributed by atoms with Crippen LogP contribution in [0.4, 0.5) is 0 Å². The average molecular weight is 501 g/mol. The number of likely N-dealkylation sites (tertiary alicyclic amines) is 1. The Kier molecular flexibility index (Phi) is 7.28. The van der Waals surface area contributed by atoms with Gasteiger partial charge in [0, 0.05) is 16.8 Å². The third-order valence-electron chi connectivity index (χ3n) is 6.22. The van der Waals surface area contributed by atoms with Gasteiger partial charge < -0.3 is 19.5 Å². The van der Waals surface area contributed by atoms with Gasteiger partial charge in [-0.2, -0.15) is 0 Å². The number of nitrogens with zero attached hydrogens (tertiary/aromatic N) is 1. The van der Waals surface area contributed by atoms with Gasteiger partial charge in [0.1, 0.15) is 17.9 Å². The van der Waals surface area contributed by atoms with Gasteiger partial charge in [-0.15, -0.1) is 0 Å². The van der Waals surface area contributed by atoms with E-state index >= 15 is 0 Å². The summed E-state index contributed by atoms with van der Waals surface area (Å²) in [4.78, 5) is 39.6. The zero-order valence-electron chi connectivity index (χ0n) is 19.5. The van der Waals surface area contributed by atoms with Gasteiger partial charge in [-0.05, 0) is 50.1 Å². The van der Waals surface area contributed by atoms with Gasteiger partial charge in [0.05, 0.1) is 31.8 Å². The molecule has 9 nitrogen and oxygen atoms in total. The highest BCUT2D eigenvalue weighted by atomic mass is 35.5. The summed E-state index contributed by atoms with van der Waals surface area (Å²) >= 11 is 6.07. The van der Waals surface area contributed by atoms with Crippen molar-refractivity contribution in [3.63, 3.8) is 0 Å². The van der Waals surface area contributed by atoms with Gasteiger partial charge in [-0.1, -0.05) is 17.7 Å². The predicted octanol–water partition coefficient (Wildman–Crippen LogP) is 2.42. The van der Waals surface area contributed by atoms with Gasteiger partial charge in [0.2, 0.25) is 0 Å². The van der Waals surface area contributed by atoms with Crippen LogP contribution in [0.5, 0.6) is 17.2 Å². The van der Waals surface area contributed by atoms with Gasteiger partial charge in [0.25, 0.3) is 5.56 Å². The lowest BCUT2D eigenvalue weighted by molar-refractivity contribution is -0.921. The van der Waals surface area contributed by atoms with Crippen LogP contribution in [0.25, 0.3) is 0 Å². The van der Waals surface area contributed by atoms with E-state index in [2.05, 4.69) is 4.98 Å². The summed E-state index contributed by atoms with van der Waals surface area (Å²) in [5.41, 5.74) is 0.474. The number of aromatic carboxylic acids is 1. The van der Waals surface area contributed by atoms with Crippen LogP contribution in [-0.2, 0) is 6.54 Å². The summed E-state index contributed by atoms with van der Waals surface area (Å²) in [6.07, 6.45) is 3.34. The number of quaternary nitrogens is 1. The number of halogens is 1. The average Bonchev–Trinajstić information content (AvgIpc) is 2.81. The van der Waals surface area contributed by atoms with Crippen LogP contribution in [-0.4, -0.2) is 40.8 Å². The molecule has 0 spiro atoms. The van der Waals surface area contributed by atoms with Crippen LogP contribution >= 0.6 is 11.6 Å². The molecule has 4 rings (SSSR count). The molecule has 0 amide bonds. The number of hydrogen-bond donors (Lipinski definition) is 3. The van der Waals surface area contributed by atoms with E-state index in [4.69, 9.17) is 21.1 Å². The van der Waals surface area contributed by atoms with E-state index in [9.17, 15) is 19.5 Å². The standard InChI is InChI=1S/C25H26ClN3O6/c1-15-12-29(25(33)27-23(15)30)18-6-4-10-28(14-18)13-16-8-9-20(24(31)32)22(21(16)34-2)35-19-7-3-5-17(26)11-19/h3,5,7-9,11-12,18H,4,6,10,13-14H2,1-2H3,(H,31,32)(H,27,30,33)/p+1/t18-/m0/s1. The maximum atomic E-state index is 12.4. The summed E-state index contributed by atoms with van der Waals surface area (Å²) in [6, 6.07) is 9.89. The molecule has 2 atom stereocenters. The van der Waals surface area contributed by atoms with E-state index in [1.807, 2.05) is 0 Å². The Hall–Kier alpha value is -3.56. The van der Waals surface area contributed by atoms with E-state index in [0.717, 1.165) is 24.9 Å². The molecule has 0 aliphatic carbocycles. The summed E-state index contributed by atoms with van der Waals surface area (Å²) in [7, 11) is 1.48.